The summed E-state index contributed by atoms with van der Waals surface area (Å²) < 4.78 is 5.61. The van der Waals surface area contributed by atoms with Gasteiger partial charge in [0.15, 0.2) is 0 Å². The largest absolute Gasteiger partial charge is 0.491 e. The molecule has 0 atom stereocenters. The van der Waals surface area contributed by atoms with Crippen LogP contribution in [0.25, 0.3) is 6.08 Å². The van der Waals surface area contributed by atoms with Gasteiger partial charge in [0.1, 0.15) is 12.4 Å². The van der Waals surface area contributed by atoms with Crippen LogP contribution < -0.4 is 10.1 Å². The van der Waals surface area contributed by atoms with Crippen molar-refractivity contribution in [2.24, 2.45) is 0 Å². The van der Waals surface area contributed by atoms with Gasteiger partial charge in [-0.25, -0.2) is 0 Å². The van der Waals surface area contributed by atoms with Crippen molar-refractivity contribution in [3.63, 3.8) is 0 Å². The molecule has 1 N–H and O–H groups in total. The first-order valence-electron chi connectivity index (χ1n) is 6.95. The number of nitrogens with one attached hydrogen (secondary N) is 1. The summed E-state index contributed by atoms with van der Waals surface area (Å²) in [6.45, 7) is 2.93. The summed E-state index contributed by atoms with van der Waals surface area (Å²) in [6, 6.07) is 17.5. The molecule has 0 unspecified atom stereocenters. The van der Waals surface area contributed by atoms with Crippen molar-refractivity contribution in [1.82, 2.24) is 5.32 Å². The van der Waals surface area contributed by atoms with Gasteiger partial charge in [-0.15, -0.1) is 0 Å². The molecule has 0 aromatic heterocycles. The molecule has 0 bridgehead atoms. The van der Waals surface area contributed by atoms with Crippen LogP contribution in [0.15, 0.2) is 60.7 Å². The van der Waals surface area contributed by atoms with E-state index in [1.807, 2.05) is 61.5 Å². The summed E-state index contributed by atoms with van der Waals surface area (Å²) >= 11 is 0. The number of rotatable bonds is 6. The number of hydrogen-bond acceptors (Lipinski definition) is 2. The van der Waals surface area contributed by atoms with Crippen LogP contribution in [0.5, 0.6) is 5.75 Å². The number of carbonyl (C=O) groups excluding carboxylic acids is 1. The van der Waals surface area contributed by atoms with Crippen LogP contribution in [-0.2, 0) is 4.79 Å². The normalized spacial score (nSPS) is 10.5. The fraction of sp³-hybridized carbons (Fsp3) is 0.167. The predicted octanol–water partition coefficient (Wildman–Crippen LogP) is 3.20. The molecule has 0 saturated heterocycles. The Labute approximate surface area is 125 Å². The van der Waals surface area contributed by atoms with Gasteiger partial charge >= 0.3 is 0 Å². The lowest BCUT2D eigenvalue weighted by Crippen LogP contribution is -2.26. The van der Waals surface area contributed by atoms with Crippen LogP contribution in [0.4, 0.5) is 0 Å². The van der Waals surface area contributed by atoms with E-state index in [4.69, 9.17) is 4.74 Å². The van der Waals surface area contributed by atoms with Crippen LogP contribution >= 0.6 is 0 Å². The lowest BCUT2D eigenvalue weighted by atomic mass is 10.2. The Bertz CT molecular complexity index is 606. The van der Waals surface area contributed by atoms with Gasteiger partial charge in [-0.1, -0.05) is 48.5 Å². The lowest BCUT2D eigenvalue weighted by molar-refractivity contribution is -0.116. The van der Waals surface area contributed by atoms with E-state index < -0.39 is 0 Å². The first-order chi connectivity index (χ1) is 10.3. The second kappa shape index (κ2) is 7.90. The predicted molar refractivity (Wildman–Crippen MR) is 85.2 cm³/mol. The van der Waals surface area contributed by atoms with Gasteiger partial charge < -0.3 is 10.1 Å². The van der Waals surface area contributed by atoms with E-state index in [1.165, 1.54) is 6.08 Å². The number of aryl methyl sites for hydroxylation is 1. The van der Waals surface area contributed by atoms with Gasteiger partial charge in [-0.05, 0) is 30.2 Å². The fourth-order valence-electron chi connectivity index (χ4n) is 1.85. The molecule has 3 nitrogen and oxygen atoms in total. The van der Waals surface area contributed by atoms with Gasteiger partial charge in [0.25, 0.3) is 0 Å². The summed E-state index contributed by atoms with van der Waals surface area (Å²) in [5.74, 6) is 0.735. The van der Waals surface area contributed by atoms with Gasteiger partial charge in [-0.3, -0.25) is 4.79 Å². The molecular weight excluding hydrogens is 262 g/mol. The van der Waals surface area contributed by atoms with Gasteiger partial charge in [0.05, 0.1) is 6.54 Å². The molecule has 0 saturated carbocycles. The highest BCUT2D eigenvalue weighted by Crippen LogP contribution is 2.15. The Kier molecular flexibility index (Phi) is 5.59. The number of benzene rings is 2. The highest BCUT2D eigenvalue weighted by atomic mass is 16.5. The Morgan fingerprint density at radius 1 is 1.10 bits per heavy atom. The van der Waals surface area contributed by atoms with E-state index in [0.717, 1.165) is 16.9 Å². The Balaban J connectivity index is 1.70. The molecule has 108 valence electrons. The SMILES string of the molecule is Cc1ccccc1OCCNC(=O)/C=C\c1ccccc1. The van der Waals surface area contributed by atoms with Crippen molar-refractivity contribution in [1.29, 1.82) is 0 Å². The molecule has 1 amide bonds. The molecule has 2 aromatic rings. The zero-order valence-electron chi connectivity index (χ0n) is 12.1. The molecule has 0 aliphatic carbocycles. The minimum Gasteiger partial charge on any atom is -0.491 e. The molecule has 0 aliphatic rings. The third-order valence-corrected chi connectivity index (χ3v) is 2.98. The quantitative estimate of drug-likeness (QED) is 0.652. The van der Waals surface area contributed by atoms with E-state index in [2.05, 4.69) is 5.32 Å². The zero-order valence-corrected chi connectivity index (χ0v) is 12.1. The van der Waals surface area contributed by atoms with Gasteiger partial charge in [-0.2, -0.15) is 0 Å². The number of ether oxygens (including phenoxy) is 1. The molecule has 0 heterocycles. The zero-order chi connectivity index (χ0) is 14.9. The summed E-state index contributed by atoms with van der Waals surface area (Å²) in [5, 5.41) is 2.79. The Hall–Kier alpha value is -2.55. The Morgan fingerprint density at radius 3 is 2.57 bits per heavy atom. The third-order valence-electron chi connectivity index (χ3n) is 2.98. The summed E-state index contributed by atoms with van der Waals surface area (Å²) in [7, 11) is 0. The van der Waals surface area contributed by atoms with Crippen molar-refractivity contribution in [3.8, 4) is 5.75 Å². The van der Waals surface area contributed by atoms with Gasteiger partial charge in [0.2, 0.25) is 5.91 Å². The summed E-state index contributed by atoms with van der Waals surface area (Å²) in [4.78, 5) is 11.6. The second-order valence-corrected chi connectivity index (χ2v) is 4.65. The average Bonchev–Trinajstić information content (AvgIpc) is 2.52. The number of amides is 1. The molecule has 0 fully saturated rings. The first kappa shape index (κ1) is 14.9. The van der Waals surface area contributed by atoms with E-state index in [-0.39, 0.29) is 5.91 Å². The van der Waals surface area contributed by atoms with Crippen molar-refractivity contribution in [2.75, 3.05) is 13.2 Å². The summed E-state index contributed by atoms with van der Waals surface area (Å²) in [6.07, 6.45) is 3.32. The molecule has 21 heavy (non-hydrogen) atoms. The minimum absolute atomic E-state index is 0.118. The van der Waals surface area contributed by atoms with Crippen molar-refractivity contribution in [3.05, 3.63) is 71.8 Å². The van der Waals surface area contributed by atoms with E-state index in [0.29, 0.717) is 13.2 Å². The maximum Gasteiger partial charge on any atom is 0.244 e. The van der Waals surface area contributed by atoms with Crippen LogP contribution in [0, 0.1) is 6.92 Å². The molecule has 0 aliphatic heterocycles. The Morgan fingerprint density at radius 2 is 1.81 bits per heavy atom. The lowest BCUT2D eigenvalue weighted by Gasteiger charge is -2.08. The molecule has 2 aromatic carbocycles. The monoisotopic (exact) mass is 281 g/mol. The first-order valence-corrected chi connectivity index (χ1v) is 6.95. The third kappa shape index (κ3) is 5.15. The molecular formula is C18H19NO2. The molecule has 0 spiro atoms. The number of para-hydroxylation sites is 1. The highest BCUT2D eigenvalue weighted by molar-refractivity contribution is 5.91. The van der Waals surface area contributed by atoms with Crippen LogP contribution in [-0.4, -0.2) is 19.1 Å². The average molecular weight is 281 g/mol. The minimum atomic E-state index is -0.118. The maximum atomic E-state index is 11.6. The van der Waals surface area contributed by atoms with Crippen LogP contribution in [0.3, 0.4) is 0 Å². The molecule has 2 rings (SSSR count). The van der Waals surface area contributed by atoms with Crippen molar-refractivity contribution >= 4 is 12.0 Å². The molecule has 0 radical (unpaired) electrons. The highest BCUT2D eigenvalue weighted by Gasteiger charge is 1.98. The standard InChI is InChI=1S/C18H19NO2/c1-15-7-5-6-10-17(15)21-14-13-19-18(20)12-11-16-8-3-2-4-9-16/h2-12H,13-14H2,1H3,(H,19,20)/b12-11-. The van der Waals surface area contributed by atoms with E-state index in [9.17, 15) is 4.79 Å². The smallest absolute Gasteiger partial charge is 0.244 e. The van der Waals surface area contributed by atoms with Crippen molar-refractivity contribution < 1.29 is 9.53 Å². The van der Waals surface area contributed by atoms with E-state index in [1.54, 1.807) is 6.08 Å². The van der Waals surface area contributed by atoms with Crippen molar-refractivity contribution in [2.45, 2.75) is 6.92 Å². The maximum absolute atomic E-state index is 11.6. The number of hydrogen-bond donors (Lipinski definition) is 1. The second-order valence-electron chi connectivity index (χ2n) is 4.65. The van der Waals surface area contributed by atoms with Crippen LogP contribution in [0.1, 0.15) is 11.1 Å². The van der Waals surface area contributed by atoms with Gasteiger partial charge in [0, 0.05) is 6.08 Å². The molecule has 3 heteroatoms. The summed E-state index contributed by atoms with van der Waals surface area (Å²) in [5.41, 5.74) is 2.09. The fourth-order valence-corrected chi connectivity index (χ4v) is 1.85. The number of carbonyl (C=O) groups is 1. The van der Waals surface area contributed by atoms with Crippen LogP contribution in [0.2, 0.25) is 0 Å². The van der Waals surface area contributed by atoms with E-state index >= 15 is 0 Å². The topological polar surface area (TPSA) is 38.3 Å².